The second kappa shape index (κ2) is 9.56. The Morgan fingerprint density at radius 1 is 1.07 bits per heavy atom. The highest BCUT2D eigenvalue weighted by molar-refractivity contribution is 9.10. The highest BCUT2D eigenvalue weighted by atomic mass is 79.9. The highest BCUT2D eigenvalue weighted by Gasteiger charge is 2.35. The Morgan fingerprint density at radius 3 is 2.30 bits per heavy atom. The van der Waals surface area contributed by atoms with Gasteiger partial charge < -0.3 is 23.8 Å². The topological polar surface area (TPSA) is 74.3 Å². The molecule has 1 heterocycles. The molecule has 1 aromatic rings. The lowest BCUT2D eigenvalue weighted by molar-refractivity contribution is -0.110. The molecule has 8 heteroatoms. The molecule has 1 aliphatic heterocycles. The number of hydrogen-bond donors (Lipinski definition) is 0. The first kappa shape index (κ1) is 22.9. The summed E-state index contributed by atoms with van der Waals surface area (Å²) in [7, 11) is 1.36. The van der Waals surface area contributed by atoms with Crippen molar-refractivity contribution < 1.29 is 28.5 Å². The fraction of sp³-hybridized carbons (Fsp3) is 0.636. The second-order valence-electron chi connectivity index (χ2n) is 8.77. The van der Waals surface area contributed by atoms with Crippen LogP contribution in [0.2, 0.25) is 0 Å². The smallest absolute Gasteiger partial charge is 0.410 e. The van der Waals surface area contributed by atoms with E-state index in [-0.39, 0.29) is 30.4 Å². The van der Waals surface area contributed by atoms with E-state index in [4.69, 9.17) is 18.9 Å². The third-order valence-electron chi connectivity index (χ3n) is 5.18. The van der Waals surface area contributed by atoms with Crippen LogP contribution >= 0.6 is 15.9 Å². The van der Waals surface area contributed by atoms with Gasteiger partial charge in [0.1, 0.15) is 17.5 Å². The lowest BCUT2D eigenvalue weighted by Gasteiger charge is -2.40. The normalized spacial score (nSPS) is 22.2. The molecule has 30 heavy (non-hydrogen) atoms. The maximum atomic E-state index is 12.1. The summed E-state index contributed by atoms with van der Waals surface area (Å²) in [5.41, 5.74) is 0.00395. The van der Waals surface area contributed by atoms with Gasteiger partial charge >= 0.3 is 12.1 Å². The minimum atomic E-state index is -0.472. The van der Waals surface area contributed by atoms with E-state index in [1.165, 1.54) is 7.11 Å². The van der Waals surface area contributed by atoms with Gasteiger partial charge in [0, 0.05) is 25.9 Å². The first-order valence-electron chi connectivity index (χ1n) is 10.3. The summed E-state index contributed by atoms with van der Waals surface area (Å²) in [6.45, 7) is 6.95. The Hall–Kier alpha value is -1.80. The molecular formula is C22H30BrNO6. The Morgan fingerprint density at radius 2 is 1.73 bits per heavy atom. The lowest BCUT2D eigenvalue weighted by atomic mass is 9.91. The van der Waals surface area contributed by atoms with E-state index in [0.717, 1.165) is 30.2 Å². The van der Waals surface area contributed by atoms with Gasteiger partial charge in [-0.15, -0.1) is 0 Å². The first-order chi connectivity index (χ1) is 14.1. The van der Waals surface area contributed by atoms with E-state index in [0.29, 0.717) is 24.4 Å². The van der Waals surface area contributed by atoms with Gasteiger partial charge in [0.05, 0.1) is 29.4 Å². The van der Waals surface area contributed by atoms with Gasteiger partial charge in [-0.05, 0) is 67.7 Å². The number of carbonyl (C=O) groups excluding carboxylic acids is 2. The van der Waals surface area contributed by atoms with E-state index in [9.17, 15) is 9.59 Å². The molecule has 0 aromatic heterocycles. The third kappa shape index (κ3) is 6.11. The Balaban J connectivity index is 1.38. The van der Waals surface area contributed by atoms with E-state index < -0.39 is 5.60 Å². The van der Waals surface area contributed by atoms with E-state index >= 15 is 0 Å². The minimum Gasteiger partial charge on any atom is -0.489 e. The number of piperidine rings is 1. The van der Waals surface area contributed by atoms with Crippen molar-refractivity contribution in [1.82, 2.24) is 4.90 Å². The fourth-order valence-corrected chi connectivity index (χ4v) is 3.99. The van der Waals surface area contributed by atoms with Crippen LogP contribution in [-0.4, -0.2) is 61.1 Å². The molecule has 3 rings (SSSR count). The average molecular weight is 484 g/mol. The summed E-state index contributed by atoms with van der Waals surface area (Å²) in [4.78, 5) is 25.5. The van der Waals surface area contributed by atoms with Gasteiger partial charge in [0.15, 0.2) is 0 Å². The molecule has 0 radical (unpaired) electrons. The number of hydrogen-bond acceptors (Lipinski definition) is 6. The largest absolute Gasteiger partial charge is 0.489 e. The van der Waals surface area contributed by atoms with Crippen LogP contribution in [0.15, 0.2) is 22.7 Å². The molecular weight excluding hydrogens is 454 g/mol. The molecule has 0 unspecified atom stereocenters. The molecule has 2 fully saturated rings. The minimum absolute atomic E-state index is 0.0946. The van der Waals surface area contributed by atoms with Crippen molar-refractivity contribution in [3.05, 3.63) is 28.2 Å². The third-order valence-corrected chi connectivity index (χ3v) is 5.80. The molecule has 1 aromatic carbocycles. The number of likely N-dealkylation sites (tertiary alicyclic amines) is 1. The van der Waals surface area contributed by atoms with Crippen LogP contribution in [-0.2, 0) is 14.2 Å². The van der Waals surface area contributed by atoms with Crippen molar-refractivity contribution in [3.63, 3.8) is 0 Å². The molecule has 1 amide bonds. The van der Waals surface area contributed by atoms with Crippen molar-refractivity contribution in [2.24, 2.45) is 0 Å². The zero-order chi connectivity index (χ0) is 21.9. The number of rotatable bonds is 5. The monoisotopic (exact) mass is 483 g/mol. The quantitative estimate of drug-likeness (QED) is 0.571. The number of benzene rings is 1. The van der Waals surface area contributed by atoms with Gasteiger partial charge in [-0.1, -0.05) is 0 Å². The molecule has 0 N–H and O–H groups in total. The number of methoxy groups -OCH3 is 1. The molecule has 2 aliphatic rings. The standard InChI is InChI=1S/C22H30BrNO6/c1-22(2,3)30-21(26)24-9-7-15(8-10-24)28-16-12-17(13-16)29-19-6-5-14(11-18(19)23)20(25)27-4/h5-6,11,15-17H,7-10,12-13H2,1-4H3. The van der Waals surface area contributed by atoms with Crippen LogP contribution in [0.5, 0.6) is 5.75 Å². The first-order valence-corrected chi connectivity index (χ1v) is 11.1. The molecule has 1 aliphatic carbocycles. The van der Waals surface area contributed by atoms with Gasteiger partial charge in [-0.3, -0.25) is 0 Å². The van der Waals surface area contributed by atoms with Crippen LogP contribution in [0.4, 0.5) is 4.79 Å². The number of halogens is 1. The van der Waals surface area contributed by atoms with Crippen LogP contribution < -0.4 is 4.74 Å². The fourth-order valence-electron chi connectivity index (χ4n) is 3.52. The summed E-state index contributed by atoms with van der Waals surface area (Å²) in [5.74, 6) is 0.328. The zero-order valence-corrected chi connectivity index (χ0v) is 19.6. The summed E-state index contributed by atoms with van der Waals surface area (Å²) in [6, 6.07) is 5.17. The summed E-state index contributed by atoms with van der Waals surface area (Å²) < 4.78 is 23.1. The average Bonchev–Trinajstić information content (AvgIpc) is 2.66. The van der Waals surface area contributed by atoms with Crippen molar-refractivity contribution in [3.8, 4) is 5.75 Å². The summed E-state index contributed by atoms with van der Waals surface area (Å²) in [6.07, 6.45) is 3.50. The van der Waals surface area contributed by atoms with Crippen molar-refractivity contribution in [2.45, 2.75) is 70.4 Å². The van der Waals surface area contributed by atoms with Crippen molar-refractivity contribution in [2.75, 3.05) is 20.2 Å². The van der Waals surface area contributed by atoms with Gasteiger partial charge in [-0.25, -0.2) is 9.59 Å². The number of esters is 1. The Bertz CT molecular complexity index is 763. The van der Waals surface area contributed by atoms with Crippen LogP contribution in [0.3, 0.4) is 0 Å². The summed E-state index contributed by atoms with van der Waals surface area (Å²) >= 11 is 3.45. The summed E-state index contributed by atoms with van der Waals surface area (Å²) in [5, 5.41) is 0. The molecule has 0 spiro atoms. The van der Waals surface area contributed by atoms with Crippen LogP contribution in [0.25, 0.3) is 0 Å². The maximum Gasteiger partial charge on any atom is 0.410 e. The Kier molecular flexibility index (Phi) is 7.29. The molecule has 166 valence electrons. The Labute approximate surface area is 186 Å². The van der Waals surface area contributed by atoms with Crippen molar-refractivity contribution >= 4 is 28.0 Å². The number of ether oxygens (including phenoxy) is 4. The number of carbonyl (C=O) groups is 2. The zero-order valence-electron chi connectivity index (χ0n) is 18.0. The predicted octanol–water partition coefficient (Wildman–Crippen LogP) is 4.56. The van der Waals surface area contributed by atoms with E-state index in [1.807, 2.05) is 20.8 Å². The maximum absolute atomic E-state index is 12.1. The predicted molar refractivity (Wildman–Crippen MR) is 115 cm³/mol. The highest BCUT2D eigenvalue weighted by Crippen LogP contribution is 2.34. The number of amides is 1. The van der Waals surface area contributed by atoms with E-state index in [2.05, 4.69) is 15.9 Å². The molecule has 1 saturated carbocycles. The SMILES string of the molecule is COC(=O)c1ccc(OC2CC(OC3CCN(C(=O)OC(C)(C)C)CC3)C2)c(Br)c1. The van der Waals surface area contributed by atoms with E-state index in [1.54, 1.807) is 23.1 Å². The molecule has 1 saturated heterocycles. The number of nitrogens with zero attached hydrogens (tertiary/aromatic N) is 1. The van der Waals surface area contributed by atoms with Crippen LogP contribution in [0.1, 0.15) is 56.8 Å². The van der Waals surface area contributed by atoms with Crippen LogP contribution in [0, 0.1) is 0 Å². The molecule has 7 nitrogen and oxygen atoms in total. The molecule has 0 bridgehead atoms. The second-order valence-corrected chi connectivity index (χ2v) is 9.63. The van der Waals surface area contributed by atoms with Gasteiger partial charge in [-0.2, -0.15) is 0 Å². The van der Waals surface area contributed by atoms with Crippen molar-refractivity contribution in [1.29, 1.82) is 0 Å². The lowest BCUT2D eigenvalue weighted by Crippen LogP contribution is -2.46. The van der Waals surface area contributed by atoms with Gasteiger partial charge in [0.2, 0.25) is 0 Å². The van der Waals surface area contributed by atoms with Gasteiger partial charge in [0.25, 0.3) is 0 Å². The molecule has 0 atom stereocenters.